The van der Waals surface area contributed by atoms with Crippen LogP contribution in [0.3, 0.4) is 0 Å². The van der Waals surface area contributed by atoms with Gasteiger partial charge in [0.1, 0.15) is 6.34 Å². The van der Waals surface area contributed by atoms with Gasteiger partial charge in [0.25, 0.3) is 5.91 Å². The van der Waals surface area contributed by atoms with Crippen LogP contribution in [0, 0.1) is 0 Å². The predicted molar refractivity (Wildman–Crippen MR) is 72.3 cm³/mol. The number of hydrogen-bond acceptors (Lipinski definition) is 5. The van der Waals surface area contributed by atoms with E-state index < -0.39 is 6.35 Å². The molecule has 0 spiro atoms. The Morgan fingerprint density at radius 2 is 2.00 bits per heavy atom. The van der Waals surface area contributed by atoms with E-state index in [1.807, 2.05) is 12.1 Å². The maximum atomic E-state index is 11.7. The summed E-state index contributed by atoms with van der Waals surface area (Å²) >= 11 is 0. The van der Waals surface area contributed by atoms with Gasteiger partial charge in [0, 0.05) is 33.3 Å². The first kappa shape index (κ1) is 13.4. The lowest BCUT2D eigenvalue weighted by molar-refractivity contribution is -0.0471. The second kappa shape index (κ2) is 5.27. The fourth-order valence-corrected chi connectivity index (χ4v) is 1.83. The molecule has 19 heavy (non-hydrogen) atoms. The lowest BCUT2D eigenvalue weighted by atomic mass is 10.1. The van der Waals surface area contributed by atoms with E-state index in [4.69, 9.17) is 0 Å². The molecule has 1 unspecified atom stereocenters. The predicted octanol–water partition coefficient (Wildman–Crippen LogP) is 0.355. The van der Waals surface area contributed by atoms with Crippen molar-refractivity contribution < 1.29 is 9.90 Å². The summed E-state index contributed by atoms with van der Waals surface area (Å²) in [7, 11) is 5.16. The van der Waals surface area contributed by atoms with Crippen molar-refractivity contribution in [3.8, 4) is 0 Å². The quantitative estimate of drug-likeness (QED) is 0.854. The van der Waals surface area contributed by atoms with Crippen LogP contribution in [0.2, 0.25) is 0 Å². The van der Waals surface area contributed by atoms with E-state index in [1.54, 1.807) is 49.4 Å². The van der Waals surface area contributed by atoms with E-state index in [9.17, 15) is 9.90 Å². The number of rotatable bonds is 3. The molecule has 1 aromatic rings. The average Bonchev–Trinajstić information content (AvgIpc) is 2.71. The van der Waals surface area contributed by atoms with Crippen molar-refractivity contribution in [3.63, 3.8) is 0 Å². The summed E-state index contributed by atoms with van der Waals surface area (Å²) in [6.45, 7) is 0.547. The molecule has 0 radical (unpaired) electrons. The van der Waals surface area contributed by atoms with Gasteiger partial charge in [0.2, 0.25) is 6.35 Å². The van der Waals surface area contributed by atoms with Crippen molar-refractivity contribution in [1.82, 2.24) is 14.8 Å². The number of hydrazone groups is 1. The molecule has 0 saturated heterocycles. The van der Waals surface area contributed by atoms with Gasteiger partial charge in [-0.15, -0.1) is 0 Å². The minimum atomic E-state index is -0.733. The molecule has 1 aromatic carbocycles. The van der Waals surface area contributed by atoms with Gasteiger partial charge in [-0.1, -0.05) is 12.1 Å². The molecule has 6 heteroatoms. The highest BCUT2D eigenvalue weighted by Gasteiger charge is 2.22. The highest BCUT2D eigenvalue weighted by Crippen LogP contribution is 2.13. The first-order valence-electron chi connectivity index (χ1n) is 6.00. The zero-order valence-electron chi connectivity index (χ0n) is 11.3. The minimum Gasteiger partial charge on any atom is -0.355 e. The second-order valence-electron chi connectivity index (χ2n) is 4.72. The number of amides is 1. The molecule has 0 bridgehead atoms. The molecule has 1 heterocycles. The van der Waals surface area contributed by atoms with Gasteiger partial charge in [-0.3, -0.25) is 9.80 Å². The summed E-state index contributed by atoms with van der Waals surface area (Å²) in [6.07, 6.45) is 0.867. The van der Waals surface area contributed by atoms with Crippen LogP contribution in [0.4, 0.5) is 0 Å². The normalized spacial score (nSPS) is 18.0. The molecule has 0 fully saturated rings. The van der Waals surface area contributed by atoms with Crippen molar-refractivity contribution in [2.24, 2.45) is 5.10 Å². The van der Waals surface area contributed by atoms with E-state index in [0.717, 1.165) is 5.56 Å². The van der Waals surface area contributed by atoms with Crippen molar-refractivity contribution in [2.45, 2.75) is 12.9 Å². The monoisotopic (exact) mass is 262 g/mol. The van der Waals surface area contributed by atoms with Crippen molar-refractivity contribution in [1.29, 1.82) is 0 Å². The largest absolute Gasteiger partial charge is 0.355 e. The summed E-state index contributed by atoms with van der Waals surface area (Å²) in [4.78, 5) is 15.0. The Morgan fingerprint density at radius 3 is 2.47 bits per heavy atom. The van der Waals surface area contributed by atoms with Crippen LogP contribution in [0.25, 0.3) is 0 Å². The number of aliphatic hydroxyl groups excluding tert-OH is 1. The lowest BCUT2D eigenvalue weighted by Gasteiger charge is -2.23. The number of aliphatic hydroxyl groups is 1. The summed E-state index contributed by atoms with van der Waals surface area (Å²) < 4.78 is 0. The topological polar surface area (TPSA) is 59.4 Å². The number of hydrogen-bond donors (Lipinski definition) is 1. The Balaban J connectivity index is 2.04. The molecule has 2 rings (SSSR count). The lowest BCUT2D eigenvalue weighted by Crippen LogP contribution is -2.37. The van der Waals surface area contributed by atoms with Crippen LogP contribution < -0.4 is 0 Å². The maximum absolute atomic E-state index is 11.7. The fourth-order valence-electron chi connectivity index (χ4n) is 1.83. The molecule has 1 aliphatic heterocycles. The number of benzene rings is 1. The molecule has 1 atom stereocenters. The van der Waals surface area contributed by atoms with Crippen molar-refractivity contribution in [2.75, 3.05) is 21.1 Å². The van der Waals surface area contributed by atoms with Crippen LogP contribution in [0.15, 0.2) is 29.4 Å². The number of carbonyl (C=O) groups is 1. The zero-order valence-corrected chi connectivity index (χ0v) is 11.3. The smallest absolute Gasteiger partial charge is 0.253 e. The van der Waals surface area contributed by atoms with Crippen molar-refractivity contribution in [3.05, 3.63) is 35.4 Å². The first-order chi connectivity index (χ1) is 8.99. The third kappa shape index (κ3) is 2.85. The Morgan fingerprint density at radius 1 is 1.37 bits per heavy atom. The summed E-state index contributed by atoms with van der Waals surface area (Å²) in [6, 6.07) is 7.35. The summed E-state index contributed by atoms with van der Waals surface area (Å²) in [5.41, 5.74) is 1.66. The molecule has 1 aliphatic rings. The van der Waals surface area contributed by atoms with Gasteiger partial charge in [0.05, 0.1) is 0 Å². The second-order valence-corrected chi connectivity index (χ2v) is 4.72. The highest BCUT2D eigenvalue weighted by atomic mass is 16.3. The molecular weight excluding hydrogens is 244 g/mol. The summed E-state index contributed by atoms with van der Waals surface area (Å²) in [5, 5.41) is 15.3. The van der Waals surface area contributed by atoms with Gasteiger partial charge >= 0.3 is 0 Å². The Hall–Kier alpha value is -2.08. The van der Waals surface area contributed by atoms with Crippen LogP contribution >= 0.6 is 0 Å². The zero-order chi connectivity index (χ0) is 14.0. The van der Waals surface area contributed by atoms with Gasteiger partial charge in [-0.05, 0) is 17.7 Å². The van der Waals surface area contributed by atoms with E-state index in [1.165, 1.54) is 5.01 Å². The van der Waals surface area contributed by atoms with Gasteiger partial charge in [-0.2, -0.15) is 5.10 Å². The molecule has 0 aromatic heterocycles. The Labute approximate surface area is 112 Å². The molecule has 6 nitrogen and oxygen atoms in total. The van der Waals surface area contributed by atoms with Gasteiger partial charge < -0.3 is 14.9 Å². The van der Waals surface area contributed by atoms with Gasteiger partial charge in [0.15, 0.2) is 0 Å². The molecule has 1 N–H and O–H groups in total. The SMILES string of the molecule is CN(C)C(=O)c1ccc(CN2C=NN(C)C2O)cc1. The van der Waals surface area contributed by atoms with Crippen LogP contribution in [0.1, 0.15) is 15.9 Å². The van der Waals surface area contributed by atoms with Gasteiger partial charge in [-0.25, -0.2) is 0 Å². The van der Waals surface area contributed by atoms with Crippen LogP contribution in [0.5, 0.6) is 0 Å². The molecular formula is C13H18N4O2. The molecule has 102 valence electrons. The van der Waals surface area contributed by atoms with E-state index in [0.29, 0.717) is 12.1 Å². The molecule has 1 amide bonds. The van der Waals surface area contributed by atoms with Crippen LogP contribution in [-0.4, -0.2) is 59.7 Å². The summed E-state index contributed by atoms with van der Waals surface area (Å²) in [5.74, 6) is -0.0194. The molecule has 0 aliphatic carbocycles. The highest BCUT2D eigenvalue weighted by molar-refractivity contribution is 5.93. The van der Waals surface area contributed by atoms with E-state index in [-0.39, 0.29) is 5.91 Å². The van der Waals surface area contributed by atoms with E-state index >= 15 is 0 Å². The Kier molecular flexibility index (Phi) is 3.71. The van der Waals surface area contributed by atoms with E-state index in [2.05, 4.69) is 5.10 Å². The first-order valence-corrected chi connectivity index (χ1v) is 6.00. The number of carbonyl (C=O) groups excluding carboxylic acids is 1. The third-order valence-electron chi connectivity index (χ3n) is 2.99. The number of nitrogens with zero attached hydrogens (tertiary/aromatic N) is 4. The van der Waals surface area contributed by atoms with Crippen LogP contribution in [-0.2, 0) is 6.54 Å². The average molecular weight is 262 g/mol. The maximum Gasteiger partial charge on any atom is 0.253 e. The minimum absolute atomic E-state index is 0.0194. The van der Waals surface area contributed by atoms with Crippen molar-refractivity contribution >= 4 is 12.2 Å². The molecule has 0 saturated carbocycles. The Bertz CT molecular complexity index is 484. The standard InChI is InChI=1S/C13H18N4O2/c1-15(2)12(18)11-6-4-10(5-7-11)8-17-9-14-16(3)13(17)19/h4-7,9,13,19H,8H2,1-3H3. The third-order valence-corrected chi connectivity index (χ3v) is 2.99. The fraction of sp³-hybridized carbons (Fsp3) is 0.385.